The molecule has 1 saturated carbocycles. The predicted octanol–water partition coefficient (Wildman–Crippen LogP) is 3.75. The number of benzene rings is 1. The molecule has 1 fully saturated rings. The molecule has 19 heavy (non-hydrogen) atoms. The molecule has 0 aromatic heterocycles. The van der Waals surface area contributed by atoms with Crippen LogP contribution in [0.2, 0.25) is 0 Å². The van der Waals surface area contributed by atoms with Gasteiger partial charge in [0.05, 0.1) is 7.11 Å². The summed E-state index contributed by atoms with van der Waals surface area (Å²) in [6.07, 6.45) is 5.35. The van der Waals surface area contributed by atoms with E-state index in [4.69, 9.17) is 4.74 Å². The van der Waals surface area contributed by atoms with E-state index in [9.17, 15) is 4.39 Å². The van der Waals surface area contributed by atoms with Crippen molar-refractivity contribution in [3.63, 3.8) is 0 Å². The Labute approximate surface area is 115 Å². The van der Waals surface area contributed by atoms with Crippen molar-refractivity contribution in [2.45, 2.75) is 39.2 Å². The fourth-order valence-electron chi connectivity index (χ4n) is 2.77. The Morgan fingerprint density at radius 3 is 2.63 bits per heavy atom. The van der Waals surface area contributed by atoms with E-state index in [-0.39, 0.29) is 5.82 Å². The lowest BCUT2D eigenvalue weighted by molar-refractivity contribution is 0.281. The van der Waals surface area contributed by atoms with Crippen LogP contribution in [-0.4, -0.2) is 13.7 Å². The van der Waals surface area contributed by atoms with Gasteiger partial charge in [0.25, 0.3) is 0 Å². The van der Waals surface area contributed by atoms with Crippen LogP contribution in [0.1, 0.15) is 38.2 Å². The van der Waals surface area contributed by atoms with Gasteiger partial charge in [0.1, 0.15) is 0 Å². The van der Waals surface area contributed by atoms with Crippen LogP contribution < -0.4 is 10.1 Å². The second kappa shape index (κ2) is 6.90. The maximum absolute atomic E-state index is 13.5. The van der Waals surface area contributed by atoms with E-state index in [1.165, 1.54) is 32.8 Å². The van der Waals surface area contributed by atoms with Crippen molar-refractivity contribution in [2.24, 2.45) is 11.8 Å². The van der Waals surface area contributed by atoms with Gasteiger partial charge in [-0.05, 0) is 48.9 Å². The van der Waals surface area contributed by atoms with E-state index in [1.807, 2.05) is 6.07 Å². The fourth-order valence-corrected chi connectivity index (χ4v) is 2.77. The number of methoxy groups -OCH3 is 1. The van der Waals surface area contributed by atoms with Gasteiger partial charge in [0, 0.05) is 6.54 Å². The molecule has 0 bridgehead atoms. The molecule has 0 heterocycles. The lowest BCUT2D eigenvalue weighted by Crippen LogP contribution is -2.25. The quantitative estimate of drug-likeness (QED) is 0.875. The summed E-state index contributed by atoms with van der Waals surface area (Å²) in [7, 11) is 1.49. The summed E-state index contributed by atoms with van der Waals surface area (Å²) in [6.45, 7) is 4.11. The van der Waals surface area contributed by atoms with E-state index >= 15 is 0 Å². The Morgan fingerprint density at radius 1 is 1.26 bits per heavy atom. The summed E-state index contributed by atoms with van der Waals surface area (Å²) in [4.78, 5) is 0. The molecule has 3 heteroatoms. The normalized spacial score (nSPS) is 23.3. The Bertz CT molecular complexity index is 400. The van der Waals surface area contributed by atoms with Crippen molar-refractivity contribution >= 4 is 0 Å². The molecule has 0 spiro atoms. The van der Waals surface area contributed by atoms with Crippen molar-refractivity contribution in [2.75, 3.05) is 13.7 Å². The second-order valence-corrected chi connectivity index (χ2v) is 5.73. The highest BCUT2D eigenvalue weighted by molar-refractivity contribution is 5.29. The first kappa shape index (κ1) is 14.3. The maximum Gasteiger partial charge on any atom is 0.165 e. The highest BCUT2D eigenvalue weighted by atomic mass is 19.1. The molecule has 2 nitrogen and oxygen atoms in total. The first-order valence-corrected chi connectivity index (χ1v) is 7.22. The standard InChI is InChI=1S/C16H24FNO/c1-12-3-5-13(6-4-12)10-18-11-14-7-8-16(19-2)15(17)9-14/h7-9,12-13,18H,3-6,10-11H2,1-2H3. The maximum atomic E-state index is 13.5. The second-order valence-electron chi connectivity index (χ2n) is 5.73. The van der Waals surface area contributed by atoms with Crippen LogP contribution in [0.5, 0.6) is 5.75 Å². The summed E-state index contributed by atoms with van der Waals surface area (Å²) in [6, 6.07) is 5.15. The molecule has 0 radical (unpaired) electrons. The largest absolute Gasteiger partial charge is 0.494 e. The van der Waals surface area contributed by atoms with Crippen LogP contribution in [0.25, 0.3) is 0 Å². The van der Waals surface area contributed by atoms with Crippen LogP contribution in [0.4, 0.5) is 4.39 Å². The Balaban J connectivity index is 1.75. The zero-order valence-electron chi connectivity index (χ0n) is 11.9. The van der Waals surface area contributed by atoms with Gasteiger partial charge in [-0.15, -0.1) is 0 Å². The molecule has 1 aromatic carbocycles. The molecular weight excluding hydrogens is 241 g/mol. The molecule has 1 N–H and O–H groups in total. The lowest BCUT2D eigenvalue weighted by atomic mass is 9.83. The topological polar surface area (TPSA) is 21.3 Å². The van der Waals surface area contributed by atoms with Gasteiger partial charge >= 0.3 is 0 Å². The van der Waals surface area contributed by atoms with E-state index in [0.29, 0.717) is 5.75 Å². The minimum absolute atomic E-state index is 0.284. The molecule has 0 aliphatic heterocycles. The van der Waals surface area contributed by atoms with Crippen LogP contribution in [0.15, 0.2) is 18.2 Å². The number of hydrogen-bond donors (Lipinski definition) is 1. The molecule has 0 unspecified atom stereocenters. The van der Waals surface area contributed by atoms with Crippen molar-refractivity contribution in [1.82, 2.24) is 5.32 Å². The van der Waals surface area contributed by atoms with E-state index in [2.05, 4.69) is 12.2 Å². The van der Waals surface area contributed by atoms with E-state index in [1.54, 1.807) is 12.1 Å². The molecule has 1 aromatic rings. The minimum atomic E-state index is -0.284. The van der Waals surface area contributed by atoms with Crippen molar-refractivity contribution < 1.29 is 9.13 Å². The monoisotopic (exact) mass is 265 g/mol. The van der Waals surface area contributed by atoms with Gasteiger partial charge in [-0.2, -0.15) is 0 Å². The predicted molar refractivity (Wildman–Crippen MR) is 75.8 cm³/mol. The summed E-state index contributed by atoms with van der Waals surface area (Å²) >= 11 is 0. The van der Waals surface area contributed by atoms with Crippen molar-refractivity contribution in [3.05, 3.63) is 29.6 Å². The smallest absolute Gasteiger partial charge is 0.165 e. The molecule has 0 atom stereocenters. The summed E-state index contributed by atoms with van der Waals surface area (Å²) in [5.74, 6) is 1.71. The zero-order chi connectivity index (χ0) is 13.7. The first-order chi connectivity index (χ1) is 9.19. The Hall–Kier alpha value is -1.09. The first-order valence-electron chi connectivity index (χ1n) is 7.22. The summed E-state index contributed by atoms with van der Waals surface area (Å²) in [5.41, 5.74) is 0.975. The average molecular weight is 265 g/mol. The van der Waals surface area contributed by atoms with Gasteiger partial charge in [-0.1, -0.05) is 25.8 Å². The van der Waals surface area contributed by atoms with Crippen LogP contribution >= 0.6 is 0 Å². The van der Waals surface area contributed by atoms with Gasteiger partial charge < -0.3 is 10.1 Å². The van der Waals surface area contributed by atoms with Gasteiger partial charge in [0.2, 0.25) is 0 Å². The molecular formula is C16H24FNO. The SMILES string of the molecule is COc1ccc(CNCC2CCC(C)CC2)cc1F. The zero-order valence-corrected chi connectivity index (χ0v) is 11.9. The minimum Gasteiger partial charge on any atom is -0.494 e. The highest BCUT2D eigenvalue weighted by Crippen LogP contribution is 2.27. The van der Waals surface area contributed by atoms with E-state index in [0.717, 1.165) is 30.5 Å². The number of ether oxygens (including phenoxy) is 1. The van der Waals surface area contributed by atoms with Gasteiger partial charge in [-0.3, -0.25) is 0 Å². The van der Waals surface area contributed by atoms with Crippen LogP contribution in [0, 0.1) is 17.7 Å². The molecule has 0 saturated heterocycles. The number of nitrogens with one attached hydrogen (secondary N) is 1. The number of hydrogen-bond acceptors (Lipinski definition) is 2. The van der Waals surface area contributed by atoms with Crippen LogP contribution in [0.3, 0.4) is 0 Å². The van der Waals surface area contributed by atoms with Crippen LogP contribution in [-0.2, 0) is 6.54 Å². The van der Waals surface area contributed by atoms with E-state index < -0.39 is 0 Å². The highest BCUT2D eigenvalue weighted by Gasteiger charge is 2.17. The van der Waals surface area contributed by atoms with Gasteiger partial charge in [0.15, 0.2) is 11.6 Å². The average Bonchev–Trinajstić information content (AvgIpc) is 2.41. The molecule has 1 aliphatic carbocycles. The Kier molecular flexibility index (Phi) is 5.20. The van der Waals surface area contributed by atoms with Gasteiger partial charge in [-0.25, -0.2) is 4.39 Å². The molecule has 0 amide bonds. The third-order valence-electron chi connectivity index (χ3n) is 4.11. The third kappa shape index (κ3) is 4.20. The summed E-state index contributed by atoms with van der Waals surface area (Å²) in [5, 5.41) is 3.44. The molecule has 1 aliphatic rings. The number of halogens is 1. The third-order valence-corrected chi connectivity index (χ3v) is 4.11. The molecule has 106 valence electrons. The van der Waals surface area contributed by atoms with Crippen molar-refractivity contribution in [3.8, 4) is 5.75 Å². The molecule has 2 rings (SSSR count). The fraction of sp³-hybridized carbons (Fsp3) is 0.625. The lowest BCUT2D eigenvalue weighted by Gasteiger charge is -2.26. The van der Waals surface area contributed by atoms with Crippen molar-refractivity contribution in [1.29, 1.82) is 0 Å². The summed E-state index contributed by atoms with van der Waals surface area (Å²) < 4.78 is 18.4. The number of rotatable bonds is 5. The Morgan fingerprint density at radius 2 is 2.00 bits per heavy atom.